The van der Waals surface area contributed by atoms with E-state index in [0.717, 1.165) is 48.4 Å². The summed E-state index contributed by atoms with van der Waals surface area (Å²) in [5.41, 5.74) is 2.67. The number of halogens is 1. The van der Waals surface area contributed by atoms with Gasteiger partial charge in [0.15, 0.2) is 0 Å². The summed E-state index contributed by atoms with van der Waals surface area (Å²) < 4.78 is 15.3. The van der Waals surface area contributed by atoms with Crippen molar-refractivity contribution in [3.8, 4) is 0 Å². The molecule has 2 fully saturated rings. The lowest BCUT2D eigenvalue weighted by atomic mass is 9.99. The van der Waals surface area contributed by atoms with Gasteiger partial charge in [0.05, 0.1) is 11.0 Å². The molecule has 1 unspecified atom stereocenters. The summed E-state index contributed by atoms with van der Waals surface area (Å²) in [6.45, 7) is 5.06. The molecule has 1 aromatic heterocycles. The zero-order valence-electron chi connectivity index (χ0n) is 18.9. The topological polar surface area (TPSA) is 58.4 Å². The van der Waals surface area contributed by atoms with E-state index in [9.17, 15) is 14.0 Å². The van der Waals surface area contributed by atoms with Crippen LogP contribution in [0.25, 0.3) is 11.0 Å². The highest BCUT2D eigenvalue weighted by Gasteiger charge is 2.34. The zero-order valence-corrected chi connectivity index (χ0v) is 18.9. The number of rotatable bonds is 5. The summed E-state index contributed by atoms with van der Waals surface area (Å²) in [6.07, 6.45) is 2.44. The molecule has 0 aliphatic carbocycles. The third kappa shape index (κ3) is 4.49. The molecule has 0 bridgehead atoms. The van der Waals surface area contributed by atoms with Crippen LogP contribution in [0.2, 0.25) is 0 Å². The molecule has 0 radical (unpaired) electrons. The number of benzene rings is 2. The Morgan fingerprint density at radius 2 is 1.82 bits per heavy atom. The van der Waals surface area contributed by atoms with E-state index in [0.29, 0.717) is 25.4 Å². The summed E-state index contributed by atoms with van der Waals surface area (Å²) in [5.74, 6) is 1.25. The molecule has 1 atom stereocenters. The molecule has 5 rings (SSSR count). The maximum Gasteiger partial charge on any atom is 0.242 e. The Morgan fingerprint density at radius 1 is 1.09 bits per heavy atom. The van der Waals surface area contributed by atoms with E-state index >= 15 is 0 Å². The lowest BCUT2D eigenvalue weighted by Crippen LogP contribution is -2.40. The average molecular weight is 449 g/mol. The molecule has 172 valence electrons. The number of para-hydroxylation sites is 2. The summed E-state index contributed by atoms with van der Waals surface area (Å²) in [7, 11) is 0. The van der Waals surface area contributed by atoms with Crippen molar-refractivity contribution in [2.24, 2.45) is 5.92 Å². The molecule has 33 heavy (non-hydrogen) atoms. The number of fused-ring (bicyclic) bond motifs is 1. The highest BCUT2D eigenvalue weighted by atomic mass is 19.1. The van der Waals surface area contributed by atoms with Gasteiger partial charge in [-0.1, -0.05) is 31.2 Å². The van der Waals surface area contributed by atoms with Gasteiger partial charge in [-0.2, -0.15) is 0 Å². The van der Waals surface area contributed by atoms with Crippen molar-refractivity contribution < 1.29 is 14.0 Å². The number of likely N-dealkylation sites (tertiary alicyclic amines) is 2. The number of carbonyl (C=O) groups is 2. The molecular weight excluding hydrogens is 419 g/mol. The van der Waals surface area contributed by atoms with Crippen molar-refractivity contribution in [2.75, 3.05) is 19.6 Å². The normalized spacial score (nSPS) is 19.6. The van der Waals surface area contributed by atoms with Crippen LogP contribution >= 0.6 is 0 Å². The van der Waals surface area contributed by atoms with Crippen LogP contribution in [0.3, 0.4) is 0 Å². The van der Waals surface area contributed by atoms with Crippen molar-refractivity contribution in [1.29, 1.82) is 0 Å². The lowest BCUT2D eigenvalue weighted by molar-refractivity contribution is -0.133. The second-order valence-electron chi connectivity index (χ2n) is 9.41. The fraction of sp³-hybridized carbons (Fsp3) is 0.423. The molecule has 6 nitrogen and oxygen atoms in total. The molecule has 3 heterocycles. The average Bonchev–Trinajstić information content (AvgIpc) is 3.36. The van der Waals surface area contributed by atoms with Gasteiger partial charge in [-0.15, -0.1) is 0 Å². The highest BCUT2D eigenvalue weighted by Crippen LogP contribution is 2.31. The van der Waals surface area contributed by atoms with Crippen LogP contribution in [0.1, 0.15) is 43.5 Å². The fourth-order valence-corrected chi connectivity index (χ4v) is 4.97. The van der Waals surface area contributed by atoms with Gasteiger partial charge >= 0.3 is 0 Å². The molecule has 0 N–H and O–H groups in total. The van der Waals surface area contributed by atoms with E-state index in [1.807, 2.05) is 33.7 Å². The molecule has 2 aliphatic heterocycles. The number of amides is 2. The Balaban J connectivity index is 1.38. The van der Waals surface area contributed by atoms with E-state index in [1.165, 1.54) is 12.1 Å². The summed E-state index contributed by atoms with van der Waals surface area (Å²) in [6, 6.07) is 14.1. The molecular formula is C26H29FN4O2. The first kappa shape index (κ1) is 21.6. The predicted octanol–water partition coefficient (Wildman–Crippen LogP) is 3.95. The van der Waals surface area contributed by atoms with Crippen molar-refractivity contribution in [1.82, 2.24) is 19.4 Å². The van der Waals surface area contributed by atoms with Crippen molar-refractivity contribution >= 4 is 22.8 Å². The minimum atomic E-state index is -0.286. The van der Waals surface area contributed by atoms with Gasteiger partial charge in [-0.05, 0) is 48.6 Å². The van der Waals surface area contributed by atoms with E-state index < -0.39 is 0 Å². The van der Waals surface area contributed by atoms with Crippen molar-refractivity contribution in [3.05, 3.63) is 65.7 Å². The maximum absolute atomic E-state index is 13.2. The van der Waals surface area contributed by atoms with Crippen LogP contribution in [0.15, 0.2) is 48.5 Å². The smallest absolute Gasteiger partial charge is 0.242 e. The SMILES string of the molecule is CC1CCN(C(=O)Cn2c(C3CC(=O)N(Cc4ccc(F)cc4)C3)nc3ccccc32)CC1. The second-order valence-corrected chi connectivity index (χ2v) is 9.41. The van der Waals surface area contributed by atoms with Gasteiger partial charge in [0, 0.05) is 38.5 Å². The van der Waals surface area contributed by atoms with Crippen molar-refractivity contribution in [2.45, 2.75) is 45.2 Å². The first-order valence-corrected chi connectivity index (χ1v) is 11.7. The molecule has 2 saturated heterocycles. The number of hydrogen-bond donors (Lipinski definition) is 0. The Labute approximate surface area is 193 Å². The Morgan fingerprint density at radius 3 is 2.58 bits per heavy atom. The Kier molecular flexibility index (Phi) is 5.87. The van der Waals surface area contributed by atoms with Crippen molar-refractivity contribution in [3.63, 3.8) is 0 Å². The predicted molar refractivity (Wildman–Crippen MR) is 124 cm³/mol. The Bertz CT molecular complexity index is 1160. The van der Waals surface area contributed by atoms with Crippen LogP contribution in [-0.2, 0) is 22.7 Å². The molecule has 3 aromatic rings. The number of aromatic nitrogens is 2. The molecule has 2 aromatic carbocycles. The van der Waals surface area contributed by atoms with Gasteiger partial charge in [0.25, 0.3) is 0 Å². The standard InChI is InChI=1S/C26H29FN4O2/c1-18-10-12-29(13-11-18)25(33)17-31-23-5-3-2-4-22(23)28-26(31)20-14-24(32)30(16-20)15-19-6-8-21(27)9-7-19/h2-9,18,20H,10-17H2,1H3. The monoisotopic (exact) mass is 448 g/mol. The number of carbonyl (C=O) groups excluding carboxylic acids is 2. The van der Waals surface area contributed by atoms with Crippen LogP contribution in [-0.4, -0.2) is 50.8 Å². The molecule has 2 aliphatic rings. The fourth-order valence-electron chi connectivity index (χ4n) is 4.97. The van der Waals surface area contributed by atoms with Gasteiger partial charge in [0.2, 0.25) is 11.8 Å². The van der Waals surface area contributed by atoms with Crippen LogP contribution < -0.4 is 0 Å². The van der Waals surface area contributed by atoms with E-state index in [-0.39, 0.29) is 30.1 Å². The van der Waals surface area contributed by atoms with Crippen LogP contribution in [0.5, 0.6) is 0 Å². The van der Waals surface area contributed by atoms with Crippen LogP contribution in [0.4, 0.5) is 4.39 Å². The highest BCUT2D eigenvalue weighted by molar-refractivity contribution is 5.83. The van der Waals surface area contributed by atoms with Gasteiger partial charge in [0.1, 0.15) is 18.2 Å². The first-order chi connectivity index (χ1) is 16.0. The lowest BCUT2D eigenvalue weighted by Gasteiger charge is -2.30. The summed E-state index contributed by atoms with van der Waals surface area (Å²) in [5, 5.41) is 0. The number of imidazole rings is 1. The summed E-state index contributed by atoms with van der Waals surface area (Å²) in [4.78, 5) is 34.6. The number of piperidine rings is 1. The number of nitrogens with zero attached hydrogens (tertiary/aromatic N) is 4. The maximum atomic E-state index is 13.2. The molecule has 7 heteroatoms. The van der Waals surface area contributed by atoms with E-state index in [2.05, 4.69) is 6.92 Å². The van der Waals surface area contributed by atoms with Crippen LogP contribution in [0, 0.1) is 11.7 Å². The molecule has 0 saturated carbocycles. The minimum absolute atomic E-state index is 0.0549. The zero-order chi connectivity index (χ0) is 22.9. The Hall–Kier alpha value is -3.22. The van der Waals surface area contributed by atoms with Gasteiger partial charge < -0.3 is 14.4 Å². The van der Waals surface area contributed by atoms with Gasteiger partial charge in [-0.3, -0.25) is 9.59 Å². The number of hydrogen-bond acceptors (Lipinski definition) is 3. The van der Waals surface area contributed by atoms with E-state index in [4.69, 9.17) is 4.98 Å². The third-order valence-corrected chi connectivity index (χ3v) is 6.98. The largest absolute Gasteiger partial charge is 0.341 e. The third-order valence-electron chi connectivity index (χ3n) is 6.98. The van der Waals surface area contributed by atoms with E-state index in [1.54, 1.807) is 17.0 Å². The quantitative estimate of drug-likeness (QED) is 0.594. The first-order valence-electron chi connectivity index (χ1n) is 11.7. The second kappa shape index (κ2) is 8.96. The summed E-state index contributed by atoms with van der Waals surface area (Å²) >= 11 is 0. The molecule has 2 amide bonds. The van der Waals surface area contributed by atoms with Gasteiger partial charge in [-0.25, -0.2) is 9.37 Å². The molecule has 0 spiro atoms. The minimum Gasteiger partial charge on any atom is -0.341 e.